The van der Waals surface area contributed by atoms with E-state index >= 15 is 0 Å². The Labute approximate surface area is 150 Å². The molecule has 2 nitrogen and oxygen atoms in total. The maximum Gasteiger partial charge on any atom is 0.145 e. The van der Waals surface area contributed by atoms with Gasteiger partial charge >= 0.3 is 0 Å². The Morgan fingerprint density at radius 1 is 0.708 bits per heavy atom. The minimum atomic E-state index is 0.784. The summed E-state index contributed by atoms with van der Waals surface area (Å²) in [7, 11) is 0. The second-order valence-corrected chi connectivity index (χ2v) is 7.18. The first-order valence-electron chi connectivity index (χ1n) is 10.1. The van der Waals surface area contributed by atoms with Crippen LogP contribution in [0.2, 0.25) is 0 Å². The van der Waals surface area contributed by atoms with Crippen LogP contribution in [0.5, 0.6) is 5.75 Å². The second kappa shape index (κ2) is 13.1. The Balaban J connectivity index is 1.95. The Morgan fingerprint density at radius 2 is 1.17 bits per heavy atom. The third kappa shape index (κ3) is 8.61. The molecule has 2 N–H and O–H groups in total. The van der Waals surface area contributed by atoms with E-state index in [-0.39, 0.29) is 0 Å². The summed E-state index contributed by atoms with van der Waals surface area (Å²) in [5, 5.41) is 0. The molecule has 0 saturated heterocycles. The van der Waals surface area contributed by atoms with Crippen LogP contribution < -0.4 is 10.5 Å². The van der Waals surface area contributed by atoms with Gasteiger partial charge in [-0.25, -0.2) is 0 Å². The monoisotopic (exact) mass is 333 g/mol. The highest BCUT2D eigenvalue weighted by atomic mass is 16.5. The van der Waals surface area contributed by atoms with E-state index in [0.29, 0.717) is 0 Å². The average Bonchev–Trinajstić information content (AvgIpc) is 2.58. The van der Waals surface area contributed by atoms with E-state index < -0.39 is 0 Å². The van der Waals surface area contributed by atoms with Crippen molar-refractivity contribution in [3.8, 4) is 5.75 Å². The van der Waals surface area contributed by atoms with Crippen LogP contribution in [0.15, 0.2) is 12.1 Å². The van der Waals surface area contributed by atoms with Gasteiger partial charge in [-0.3, -0.25) is 0 Å². The zero-order valence-electron chi connectivity index (χ0n) is 16.3. The van der Waals surface area contributed by atoms with Crippen molar-refractivity contribution in [1.29, 1.82) is 0 Å². The van der Waals surface area contributed by atoms with Crippen LogP contribution in [-0.4, -0.2) is 6.61 Å². The standard InChI is InChI=1S/C22H39NO/c1-4-5-6-7-8-9-10-11-12-13-14-15-18-24-22-20(3)17-16-19(2)21(22)23/h16-17H,4-15,18,23H2,1-3H3. The molecular weight excluding hydrogens is 294 g/mol. The van der Waals surface area contributed by atoms with E-state index in [1.165, 1.54) is 70.6 Å². The van der Waals surface area contributed by atoms with Gasteiger partial charge in [0, 0.05) is 0 Å². The summed E-state index contributed by atoms with van der Waals surface area (Å²) >= 11 is 0. The zero-order chi connectivity index (χ0) is 17.6. The fourth-order valence-corrected chi connectivity index (χ4v) is 3.12. The number of unbranched alkanes of at least 4 members (excludes halogenated alkanes) is 11. The molecule has 0 bridgehead atoms. The molecule has 1 rings (SSSR count). The lowest BCUT2D eigenvalue weighted by molar-refractivity contribution is 0.304. The van der Waals surface area contributed by atoms with Gasteiger partial charge in [0.1, 0.15) is 5.75 Å². The average molecular weight is 334 g/mol. The molecule has 0 aliphatic heterocycles. The van der Waals surface area contributed by atoms with E-state index in [0.717, 1.165) is 35.6 Å². The quantitative estimate of drug-likeness (QED) is 0.295. The van der Waals surface area contributed by atoms with E-state index in [4.69, 9.17) is 10.5 Å². The summed E-state index contributed by atoms with van der Waals surface area (Å²) in [6.07, 6.45) is 16.4. The van der Waals surface area contributed by atoms with Crippen LogP contribution in [0, 0.1) is 13.8 Å². The molecule has 0 aliphatic rings. The number of anilines is 1. The lowest BCUT2D eigenvalue weighted by atomic mass is 10.1. The van der Waals surface area contributed by atoms with Gasteiger partial charge < -0.3 is 10.5 Å². The number of ether oxygens (including phenoxy) is 1. The van der Waals surface area contributed by atoms with Gasteiger partial charge in [0.15, 0.2) is 0 Å². The van der Waals surface area contributed by atoms with Crippen LogP contribution in [-0.2, 0) is 0 Å². The van der Waals surface area contributed by atoms with Gasteiger partial charge in [-0.1, -0.05) is 89.7 Å². The molecule has 2 heteroatoms. The third-order valence-corrected chi connectivity index (χ3v) is 4.86. The SMILES string of the molecule is CCCCCCCCCCCCCCOc1c(C)ccc(C)c1N. The summed E-state index contributed by atoms with van der Waals surface area (Å²) in [6.45, 7) is 7.16. The van der Waals surface area contributed by atoms with Gasteiger partial charge in [-0.05, 0) is 31.4 Å². The maximum atomic E-state index is 6.11. The summed E-state index contributed by atoms with van der Waals surface area (Å²) in [5.41, 5.74) is 9.14. The van der Waals surface area contributed by atoms with Crippen molar-refractivity contribution >= 4 is 5.69 Å². The lowest BCUT2D eigenvalue weighted by Crippen LogP contribution is -2.03. The predicted molar refractivity (Wildman–Crippen MR) is 107 cm³/mol. The number of aryl methyl sites for hydroxylation is 2. The molecule has 0 aromatic heterocycles. The number of hydrogen-bond donors (Lipinski definition) is 1. The summed E-state index contributed by atoms with van der Waals surface area (Å²) in [5.74, 6) is 0.887. The summed E-state index contributed by atoms with van der Waals surface area (Å²) in [4.78, 5) is 0. The van der Waals surface area contributed by atoms with E-state index in [9.17, 15) is 0 Å². The van der Waals surface area contributed by atoms with E-state index in [1.54, 1.807) is 0 Å². The molecule has 0 aliphatic carbocycles. The van der Waals surface area contributed by atoms with Crippen LogP contribution in [0.1, 0.15) is 95.1 Å². The molecule has 0 saturated carbocycles. The first kappa shape index (κ1) is 20.9. The van der Waals surface area contributed by atoms with Crippen molar-refractivity contribution in [2.45, 2.75) is 97.8 Å². The molecule has 1 aromatic rings. The van der Waals surface area contributed by atoms with Crippen LogP contribution in [0.25, 0.3) is 0 Å². The number of hydrogen-bond acceptors (Lipinski definition) is 2. The highest BCUT2D eigenvalue weighted by molar-refractivity contribution is 5.61. The Kier molecular flexibility index (Phi) is 11.4. The predicted octanol–water partition coefficient (Wildman–Crippen LogP) is 6.97. The highest BCUT2D eigenvalue weighted by Crippen LogP contribution is 2.29. The number of nitrogens with two attached hydrogens (primary N) is 1. The molecule has 138 valence electrons. The number of rotatable bonds is 14. The Bertz CT molecular complexity index is 442. The number of benzene rings is 1. The first-order chi connectivity index (χ1) is 11.7. The van der Waals surface area contributed by atoms with Crippen LogP contribution in [0.4, 0.5) is 5.69 Å². The molecule has 0 radical (unpaired) electrons. The van der Waals surface area contributed by atoms with Gasteiger partial charge in [-0.15, -0.1) is 0 Å². The summed E-state index contributed by atoms with van der Waals surface area (Å²) in [6, 6.07) is 4.14. The maximum absolute atomic E-state index is 6.11. The molecule has 0 atom stereocenters. The van der Waals surface area contributed by atoms with Gasteiger partial charge in [0.05, 0.1) is 12.3 Å². The van der Waals surface area contributed by atoms with Crippen molar-refractivity contribution in [1.82, 2.24) is 0 Å². The normalized spacial score (nSPS) is 11.0. The molecular formula is C22H39NO. The second-order valence-electron chi connectivity index (χ2n) is 7.18. The lowest BCUT2D eigenvalue weighted by Gasteiger charge is -2.13. The van der Waals surface area contributed by atoms with Gasteiger partial charge in [0.25, 0.3) is 0 Å². The van der Waals surface area contributed by atoms with Crippen molar-refractivity contribution in [3.05, 3.63) is 23.3 Å². The molecule has 24 heavy (non-hydrogen) atoms. The molecule has 0 heterocycles. The zero-order valence-corrected chi connectivity index (χ0v) is 16.3. The van der Waals surface area contributed by atoms with Crippen LogP contribution >= 0.6 is 0 Å². The van der Waals surface area contributed by atoms with E-state index in [2.05, 4.69) is 26.0 Å². The largest absolute Gasteiger partial charge is 0.491 e. The highest BCUT2D eigenvalue weighted by Gasteiger charge is 2.06. The van der Waals surface area contributed by atoms with Crippen molar-refractivity contribution in [2.75, 3.05) is 12.3 Å². The first-order valence-corrected chi connectivity index (χ1v) is 10.1. The Hall–Kier alpha value is -1.18. The minimum absolute atomic E-state index is 0.784. The smallest absolute Gasteiger partial charge is 0.145 e. The molecule has 0 amide bonds. The van der Waals surface area contributed by atoms with Gasteiger partial charge in [0.2, 0.25) is 0 Å². The topological polar surface area (TPSA) is 35.2 Å². The number of nitrogen functional groups attached to an aromatic ring is 1. The Morgan fingerprint density at radius 3 is 1.71 bits per heavy atom. The fraction of sp³-hybridized carbons (Fsp3) is 0.727. The van der Waals surface area contributed by atoms with Crippen molar-refractivity contribution in [3.63, 3.8) is 0 Å². The van der Waals surface area contributed by atoms with Crippen molar-refractivity contribution in [2.24, 2.45) is 0 Å². The molecule has 0 fully saturated rings. The minimum Gasteiger partial charge on any atom is -0.491 e. The fourth-order valence-electron chi connectivity index (χ4n) is 3.12. The molecule has 0 spiro atoms. The van der Waals surface area contributed by atoms with Gasteiger partial charge in [-0.2, -0.15) is 0 Å². The van der Waals surface area contributed by atoms with Crippen molar-refractivity contribution < 1.29 is 4.74 Å². The molecule has 1 aromatic carbocycles. The van der Waals surface area contributed by atoms with Crippen LogP contribution in [0.3, 0.4) is 0 Å². The summed E-state index contributed by atoms with van der Waals surface area (Å²) < 4.78 is 5.92. The van der Waals surface area contributed by atoms with E-state index in [1.807, 2.05) is 6.92 Å². The molecule has 0 unspecified atom stereocenters. The third-order valence-electron chi connectivity index (χ3n) is 4.86.